The van der Waals surface area contributed by atoms with Gasteiger partial charge in [0, 0.05) is 30.2 Å². The van der Waals surface area contributed by atoms with Crippen molar-refractivity contribution >= 4 is 22.2 Å². The fourth-order valence-corrected chi connectivity index (χ4v) is 5.26. The lowest BCUT2D eigenvalue weighted by Crippen LogP contribution is -2.33. The number of nitrogens with zero attached hydrogens (tertiary/aromatic N) is 2. The van der Waals surface area contributed by atoms with Crippen molar-refractivity contribution in [3.8, 4) is 11.1 Å². The minimum absolute atomic E-state index is 0.205. The minimum Gasteiger partial charge on any atom is -0.370 e. The highest BCUT2D eigenvalue weighted by atomic mass is 19.1. The topological polar surface area (TPSA) is 28.2 Å². The summed E-state index contributed by atoms with van der Waals surface area (Å²) in [5.74, 6) is 0.525. The molecular weight excluding hydrogens is 505 g/mol. The van der Waals surface area contributed by atoms with Gasteiger partial charge in [0.2, 0.25) is 0 Å². The minimum atomic E-state index is -0.205. The lowest BCUT2D eigenvalue weighted by atomic mass is 9.94. The van der Waals surface area contributed by atoms with Crippen molar-refractivity contribution in [3.63, 3.8) is 0 Å². The summed E-state index contributed by atoms with van der Waals surface area (Å²) in [5, 5.41) is 4.15. The number of anilines is 1. The first-order chi connectivity index (χ1) is 19.8. The number of piperidine rings is 1. The highest BCUT2D eigenvalue weighted by Gasteiger charge is 2.22. The van der Waals surface area contributed by atoms with Crippen molar-refractivity contribution in [3.05, 3.63) is 89.9 Å². The summed E-state index contributed by atoms with van der Waals surface area (Å²) in [5.41, 5.74) is 8.50. The Bertz CT molecular complexity index is 1320. The van der Waals surface area contributed by atoms with Gasteiger partial charge in [-0.05, 0) is 112 Å². The number of allylic oxidation sites excluding steroid dienone is 5. The van der Waals surface area contributed by atoms with Crippen molar-refractivity contribution in [1.29, 1.82) is 0 Å². The van der Waals surface area contributed by atoms with Crippen molar-refractivity contribution in [2.75, 3.05) is 31.6 Å². The monoisotopic (exact) mass is 555 g/mol. The maximum Gasteiger partial charge on any atom is 0.124 e. The molecule has 1 aliphatic rings. The van der Waals surface area contributed by atoms with Crippen LogP contribution in [0, 0.1) is 18.7 Å². The van der Waals surface area contributed by atoms with Crippen molar-refractivity contribution in [2.45, 2.75) is 73.1 Å². The Balaban J connectivity index is 0.000000850. The number of fused-ring (bicyclic) bond motifs is 1. The molecule has 0 unspecified atom stereocenters. The Morgan fingerprint density at radius 2 is 1.88 bits per heavy atom. The second kappa shape index (κ2) is 16.3. The molecule has 0 saturated carbocycles. The van der Waals surface area contributed by atoms with E-state index < -0.39 is 0 Å². The fourth-order valence-electron chi connectivity index (χ4n) is 5.26. The number of halogens is 1. The molecule has 2 heterocycles. The zero-order chi connectivity index (χ0) is 29.8. The second-order valence-electron chi connectivity index (χ2n) is 11.5. The number of nitrogens with one attached hydrogen (secondary N) is 1. The van der Waals surface area contributed by atoms with Crippen LogP contribution in [0.15, 0.2) is 73.0 Å². The molecule has 1 fully saturated rings. The van der Waals surface area contributed by atoms with E-state index in [0.29, 0.717) is 0 Å². The molecule has 0 aliphatic carbocycles. The molecule has 220 valence electrons. The van der Waals surface area contributed by atoms with Gasteiger partial charge in [-0.2, -0.15) is 0 Å². The molecule has 0 atom stereocenters. The number of hydrogen-bond acceptors (Lipinski definition) is 3. The SMILES string of the molecule is C=C(/C=C\C=C(/C)c1ccc2ncc(-c3cc(C)cc(F)c3)c(N3CCC(C)CC3)c2c1)CCCC.CCCNC. The lowest BCUT2D eigenvalue weighted by Gasteiger charge is -2.34. The van der Waals surface area contributed by atoms with Crippen LogP contribution in [0.25, 0.3) is 27.6 Å². The Labute approximate surface area is 248 Å². The third kappa shape index (κ3) is 9.39. The fraction of sp³-hybridized carbons (Fsp3) is 0.432. The van der Waals surface area contributed by atoms with Gasteiger partial charge in [-0.1, -0.05) is 69.7 Å². The van der Waals surface area contributed by atoms with Gasteiger partial charge >= 0.3 is 0 Å². The molecule has 2 aromatic carbocycles. The van der Waals surface area contributed by atoms with Crippen LogP contribution in [-0.4, -0.2) is 31.7 Å². The molecule has 0 spiro atoms. The molecule has 3 nitrogen and oxygen atoms in total. The first-order valence-electron chi connectivity index (χ1n) is 15.4. The third-order valence-electron chi connectivity index (χ3n) is 7.78. The highest BCUT2D eigenvalue weighted by molar-refractivity contribution is 6.01. The Kier molecular flexibility index (Phi) is 12.8. The lowest BCUT2D eigenvalue weighted by molar-refractivity contribution is 0.439. The molecule has 0 amide bonds. The van der Waals surface area contributed by atoms with Crippen molar-refractivity contribution in [2.24, 2.45) is 5.92 Å². The van der Waals surface area contributed by atoms with E-state index in [1.165, 1.54) is 41.7 Å². The van der Waals surface area contributed by atoms with Crippen molar-refractivity contribution in [1.82, 2.24) is 10.3 Å². The maximum absolute atomic E-state index is 14.4. The first kappa shape index (κ1) is 32.3. The smallest absolute Gasteiger partial charge is 0.124 e. The van der Waals surface area contributed by atoms with Gasteiger partial charge in [0.25, 0.3) is 0 Å². The number of pyridine rings is 1. The highest BCUT2D eigenvalue weighted by Crippen LogP contribution is 2.39. The summed E-state index contributed by atoms with van der Waals surface area (Å²) in [6.07, 6.45) is 15.3. The predicted molar refractivity (Wildman–Crippen MR) is 178 cm³/mol. The van der Waals surface area contributed by atoms with Gasteiger partial charge in [-0.25, -0.2) is 4.39 Å². The summed E-state index contributed by atoms with van der Waals surface area (Å²) in [4.78, 5) is 7.29. The van der Waals surface area contributed by atoms with E-state index in [1.807, 2.05) is 20.2 Å². The van der Waals surface area contributed by atoms with Gasteiger partial charge < -0.3 is 10.2 Å². The molecule has 3 aromatic rings. The predicted octanol–water partition coefficient (Wildman–Crippen LogP) is 9.91. The van der Waals surface area contributed by atoms with E-state index in [9.17, 15) is 4.39 Å². The first-order valence-corrected chi connectivity index (χ1v) is 15.4. The summed E-state index contributed by atoms with van der Waals surface area (Å²) < 4.78 is 14.4. The molecule has 1 aromatic heterocycles. The zero-order valence-electron chi connectivity index (χ0n) is 26.2. The molecular formula is C37H50FN3. The summed E-state index contributed by atoms with van der Waals surface area (Å²) >= 11 is 0. The van der Waals surface area contributed by atoms with Gasteiger partial charge in [0.1, 0.15) is 5.82 Å². The number of aryl methyl sites for hydroxylation is 1. The number of aromatic nitrogens is 1. The second-order valence-corrected chi connectivity index (χ2v) is 11.5. The number of unbranched alkanes of at least 4 members (excludes halogenated alkanes) is 1. The average Bonchev–Trinajstić information content (AvgIpc) is 2.96. The van der Waals surface area contributed by atoms with Gasteiger partial charge in [0.15, 0.2) is 0 Å². The standard InChI is InChI=1S/C33H39FN2.C4H11N/c1-6-7-9-23(2)10-8-11-26(5)27-12-13-32-30(21-27)33(36-16-14-24(3)15-17-36)31(22-35-32)28-18-25(4)19-29(34)20-28;1-3-4-5-2/h8,10-13,18-22,24H,2,6-7,9,14-17H2,1,3-5H3;5H,3-4H2,1-2H3/b10-8-,26-11+;. The van der Waals surface area contributed by atoms with E-state index in [2.05, 4.69) is 87.0 Å². The van der Waals surface area contributed by atoms with Crippen LogP contribution in [-0.2, 0) is 0 Å². The van der Waals surface area contributed by atoms with E-state index in [0.717, 1.165) is 72.4 Å². The molecule has 0 bridgehead atoms. The van der Waals surface area contributed by atoms with Crippen LogP contribution >= 0.6 is 0 Å². The molecule has 4 rings (SSSR count). The number of hydrogen-bond donors (Lipinski definition) is 1. The quantitative estimate of drug-likeness (QED) is 0.252. The Morgan fingerprint density at radius 3 is 2.51 bits per heavy atom. The van der Waals surface area contributed by atoms with Crippen LogP contribution in [0.4, 0.5) is 10.1 Å². The van der Waals surface area contributed by atoms with Crippen LogP contribution in [0.3, 0.4) is 0 Å². The Hall–Kier alpha value is -3.24. The van der Waals surface area contributed by atoms with Gasteiger partial charge in [-0.15, -0.1) is 0 Å². The van der Waals surface area contributed by atoms with Crippen LogP contribution in [0.5, 0.6) is 0 Å². The third-order valence-corrected chi connectivity index (χ3v) is 7.78. The molecule has 4 heteroatoms. The summed E-state index contributed by atoms with van der Waals surface area (Å²) in [6, 6.07) is 11.8. The van der Waals surface area contributed by atoms with E-state index in [1.54, 1.807) is 12.1 Å². The van der Waals surface area contributed by atoms with Crippen LogP contribution in [0.1, 0.15) is 77.3 Å². The van der Waals surface area contributed by atoms with E-state index in [4.69, 9.17) is 4.98 Å². The van der Waals surface area contributed by atoms with Gasteiger partial charge in [-0.3, -0.25) is 4.98 Å². The van der Waals surface area contributed by atoms with E-state index >= 15 is 0 Å². The van der Waals surface area contributed by atoms with Crippen LogP contribution in [0.2, 0.25) is 0 Å². The number of rotatable bonds is 10. The molecule has 1 saturated heterocycles. The molecule has 1 aliphatic heterocycles. The van der Waals surface area contributed by atoms with Crippen molar-refractivity contribution < 1.29 is 4.39 Å². The summed E-state index contributed by atoms with van der Waals surface area (Å²) in [6.45, 7) is 18.1. The largest absolute Gasteiger partial charge is 0.370 e. The Morgan fingerprint density at radius 1 is 1.12 bits per heavy atom. The summed E-state index contributed by atoms with van der Waals surface area (Å²) in [7, 11) is 1.96. The van der Waals surface area contributed by atoms with E-state index in [-0.39, 0.29) is 5.82 Å². The number of benzene rings is 2. The molecule has 0 radical (unpaired) electrons. The van der Waals surface area contributed by atoms with Crippen LogP contribution < -0.4 is 10.2 Å². The van der Waals surface area contributed by atoms with Gasteiger partial charge in [0.05, 0.1) is 11.2 Å². The normalized spacial score (nSPS) is 14.4. The molecule has 41 heavy (non-hydrogen) atoms. The maximum atomic E-state index is 14.4. The molecule has 1 N–H and O–H groups in total. The zero-order valence-corrected chi connectivity index (χ0v) is 26.2. The average molecular weight is 556 g/mol.